The third-order valence-corrected chi connectivity index (χ3v) is 3.04. The van der Waals surface area contributed by atoms with E-state index in [1.807, 2.05) is 18.2 Å². The van der Waals surface area contributed by atoms with Crippen LogP contribution in [0.2, 0.25) is 5.02 Å². The Bertz CT molecular complexity index is 622. The molecule has 0 aliphatic carbocycles. The van der Waals surface area contributed by atoms with Crippen molar-refractivity contribution in [3.63, 3.8) is 0 Å². The van der Waals surface area contributed by atoms with Gasteiger partial charge < -0.3 is 9.47 Å². The van der Waals surface area contributed by atoms with E-state index in [0.717, 1.165) is 17.4 Å². The Labute approximate surface area is 109 Å². The van der Waals surface area contributed by atoms with E-state index in [2.05, 4.69) is 0 Å². The minimum atomic E-state index is 0.187. The Morgan fingerprint density at radius 2 is 1.89 bits per heavy atom. The largest absolute Gasteiger partial charge is 0.454 e. The van der Waals surface area contributed by atoms with Gasteiger partial charge in [0.1, 0.15) is 0 Å². The maximum atomic E-state index is 11.2. The SMILES string of the molecule is O=Cc1cc2c(cc1-c1cccc(Cl)c1)OCO2. The molecule has 0 fully saturated rings. The van der Waals surface area contributed by atoms with Crippen LogP contribution < -0.4 is 9.47 Å². The molecule has 4 heteroatoms. The second-order valence-corrected chi connectivity index (χ2v) is 4.36. The number of aldehydes is 1. The molecular weight excluding hydrogens is 252 g/mol. The molecule has 1 aliphatic rings. The van der Waals surface area contributed by atoms with Crippen LogP contribution in [-0.4, -0.2) is 13.1 Å². The molecule has 0 amide bonds. The molecule has 90 valence electrons. The van der Waals surface area contributed by atoms with E-state index in [1.54, 1.807) is 18.2 Å². The van der Waals surface area contributed by atoms with E-state index in [0.29, 0.717) is 22.1 Å². The number of hydrogen-bond donors (Lipinski definition) is 0. The zero-order valence-corrected chi connectivity index (χ0v) is 10.1. The highest BCUT2D eigenvalue weighted by Gasteiger charge is 2.17. The predicted molar refractivity (Wildman–Crippen MR) is 68.4 cm³/mol. The first kappa shape index (κ1) is 11.1. The van der Waals surface area contributed by atoms with Gasteiger partial charge in [-0.1, -0.05) is 23.7 Å². The van der Waals surface area contributed by atoms with Crippen LogP contribution >= 0.6 is 11.6 Å². The lowest BCUT2D eigenvalue weighted by Gasteiger charge is -2.07. The number of carbonyl (C=O) groups excluding carboxylic acids is 1. The highest BCUT2D eigenvalue weighted by atomic mass is 35.5. The van der Waals surface area contributed by atoms with Gasteiger partial charge in [-0.15, -0.1) is 0 Å². The quantitative estimate of drug-likeness (QED) is 0.775. The second kappa shape index (κ2) is 4.35. The molecule has 0 radical (unpaired) electrons. The molecule has 0 atom stereocenters. The Morgan fingerprint density at radius 3 is 2.61 bits per heavy atom. The summed E-state index contributed by atoms with van der Waals surface area (Å²) >= 11 is 5.96. The van der Waals surface area contributed by atoms with Gasteiger partial charge in [0.25, 0.3) is 0 Å². The molecule has 2 aromatic rings. The highest BCUT2D eigenvalue weighted by molar-refractivity contribution is 6.30. The lowest BCUT2D eigenvalue weighted by atomic mass is 9.99. The van der Waals surface area contributed by atoms with Crippen LogP contribution in [0.25, 0.3) is 11.1 Å². The lowest BCUT2D eigenvalue weighted by Crippen LogP contribution is -1.92. The van der Waals surface area contributed by atoms with Gasteiger partial charge in [-0.05, 0) is 35.4 Å². The summed E-state index contributed by atoms with van der Waals surface area (Å²) in [4.78, 5) is 11.2. The molecule has 0 saturated carbocycles. The van der Waals surface area contributed by atoms with E-state index in [1.165, 1.54) is 0 Å². The topological polar surface area (TPSA) is 35.5 Å². The van der Waals surface area contributed by atoms with Crippen LogP contribution in [-0.2, 0) is 0 Å². The fraction of sp³-hybridized carbons (Fsp3) is 0.0714. The molecule has 0 spiro atoms. The van der Waals surface area contributed by atoms with Gasteiger partial charge in [0.2, 0.25) is 6.79 Å². The van der Waals surface area contributed by atoms with Crippen LogP contribution in [0, 0.1) is 0 Å². The second-order valence-electron chi connectivity index (χ2n) is 3.92. The maximum absolute atomic E-state index is 11.2. The van der Waals surface area contributed by atoms with Gasteiger partial charge >= 0.3 is 0 Å². The zero-order chi connectivity index (χ0) is 12.5. The first-order chi connectivity index (χ1) is 8.78. The van der Waals surface area contributed by atoms with E-state index in [9.17, 15) is 4.79 Å². The van der Waals surface area contributed by atoms with Crippen LogP contribution in [0.5, 0.6) is 11.5 Å². The van der Waals surface area contributed by atoms with Crippen molar-refractivity contribution in [1.82, 2.24) is 0 Å². The number of hydrogen-bond acceptors (Lipinski definition) is 3. The van der Waals surface area contributed by atoms with Crippen LogP contribution in [0.1, 0.15) is 10.4 Å². The van der Waals surface area contributed by atoms with Gasteiger partial charge in [0.15, 0.2) is 17.8 Å². The van der Waals surface area contributed by atoms with Gasteiger partial charge in [0.05, 0.1) is 0 Å². The van der Waals surface area contributed by atoms with E-state index >= 15 is 0 Å². The Balaban J connectivity index is 2.19. The molecule has 2 aromatic carbocycles. The zero-order valence-electron chi connectivity index (χ0n) is 9.35. The van der Waals surface area contributed by atoms with Gasteiger partial charge in [-0.2, -0.15) is 0 Å². The normalized spacial score (nSPS) is 12.5. The number of rotatable bonds is 2. The van der Waals surface area contributed by atoms with Crippen molar-refractivity contribution in [2.75, 3.05) is 6.79 Å². The average molecular weight is 261 g/mol. The molecule has 0 bridgehead atoms. The Hall–Kier alpha value is -2.00. The summed E-state index contributed by atoms with van der Waals surface area (Å²) in [5.41, 5.74) is 2.22. The van der Waals surface area contributed by atoms with Crippen molar-refractivity contribution in [2.45, 2.75) is 0 Å². The van der Waals surface area contributed by atoms with E-state index in [-0.39, 0.29) is 6.79 Å². The fourth-order valence-corrected chi connectivity index (χ4v) is 2.15. The monoisotopic (exact) mass is 260 g/mol. The number of halogens is 1. The Kier molecular flexibility index (Phi) is 2.68. The standard InChI is InChI=1S/C14H9ClO3/c15-11-3-1-2-9(4-11)12-6-14-13(17-8-18-14)5-10(12)7-16/h1-7H,8H2. The predicted octanol–water partition coefficient (Wildman–Crippen LogP) is 3.55. The number of ether oxygens (including phenoxy) is 2. The minimum Gasteiger partial charge on any atom is -0.454 e. The molecule has 3 rings (SSSR count). The molecule has 0 unspecified atom stereocenters. The maximum Gasteiger partial charge on any atom is 0.231 e. The minimum absolute atomic E-state index is 0.187. The van der Waals surface area contributed by atoms with Crippen molar-refractivity contribution in [3.8, 4) is 22.6 Å². The highest BCUT2D eigenvalue weighted by Crippen LogP contribution is 2.38. The van der Waals surface area contributed by atoms with E-state index in [4.69, 9.17) is 21.1 Å². The molecular formula is C14H9ClO3. The van der Waals surface area contributed by atoms with Crippen molar-refractivity contribution >= 4 is 17.9 Å². The van der Waals surface area contributed by atoms with Crippen LogP contribution in [0.4, 0.5) is 0 Å². The summed E-state index contributed by atoms with van der Waals surface area (Å²) in [6.45, 7) is 0.187. The molecule has 0 saturated heterocycles. The number of carbonyl (C=O) groups is 1. The number of benzene rings is 2. The summed E-state index contributed by atoms with van der Waals surface area (Å²) in [5.74, 6) is 1.25. The van der Waals surface area contributed by atoms with Gasteiger partial charge in [-0.25, -0.2) is 0 Å². The smallest absolute Gasteiger partial charge is 0.231 e. The van der Waals surface area contributed by atoms with E-state index < -0.39 is 0 Å². The van der Waals surface area contributed by atoms with Crippen molar-refractivity contribution in [3.05, 3.63) is 47.0 Å². The molecule has 0 aromatic heterocycles. The summed E-state index contributed by atoms with van der Waals surface area (Å²) in [7, 11) is 0. The first-order valence-electron chi connectivity index (χ1n) is 5.43. The first-order valence-corrected chi connectivity index (χ1v) is 5.80. The van der Waals surface area contributed by atoms with Crippen LogP contribution in [0.15, 0.2) is 36.4 Å². The molecule has 3 nitrogen and oxygen atoms in total. The summed E-state index contributed by atoms with van der Waals surface area (Å²) in [6, 6.07) is 10.8. The fourth-order valence-electron chi connectivity index (χ4n) is 1.96. The van der Waals surface area contributed by atoms with Crippen molar-refractivity contribution in [1.29, 1.82) is 0 Å². The van der Waals surface area contributed by atoms with Gasteiger partial charge in [0, 0.05) is 10.6 Å². The van der Waals surface area contributed by atoms with Crippen LogP contribution in [0.3, 0.4) is 0 Å². The van der Waals surface area contributed by atoms with Crippen molar-refractivity contribution in [2.24, 2.45) is 0 Å². The van der Waals surface area contributed by atoms with Crippen molar-refractivity contribution < 1.29 is 14.3 Å². The molecule has 0 N–H and O–H groups in total. The average Bonchev–Trinajstić information content (AvgIpc) is 2.84. The summed E-state index contributed by atoms with van der Waals surface area (Å²) < 4.78 is 10.6. The number of fused-ring (bicyclic) bond motifs is 1. The molecule has 1 aliphatic heterocycles. The Morgan fingerprint density at radius 1 is 1.11 bits per heavy atom. The third kappa shape index (κ3) is 1.83. The summed E-state index contributed by atoms with van der Waals surface area (Å²) in [6.07, 6.45) is 0.804. The third-order valence-electron chi connectivity index (χ3n) is 2.81. The van der Waals surface area contributed by atoms with Gasteiger partial charge in [-0.3, -0.25) is 4.79 Å². The lowest BCUT2D eigenvalue weighted by molar-refractivity contribution is 0.112. The molecule has 1 heterocycles. The summed E-state index contributed by atoms with van der Waals surface area (Å²) in [5, 5.41) is 0.627. The molecule has 18 heavy (non-hydrogen) atoms.